The Morgan fingerprint density at radius 1 is 1.04 bits per heavy atom. The molecule has 3 N–H and O–H groups in total. The number of anilines is 1. The third-order valence-electron chi connectivity index (χ3n) is 4.16. The van der Waals surface area contributed by atoms with Crippen LogP contribution in [0.3, 0.4) is 0 Å². The maximum Gasteiger partial charge on any atom is 0.142 e. The van der Waals surface area contributed by atoms with E-state index in [1.54, 1.807) is 31.5 Å². The van der Waals surface area contributed by atoms with Crippen LogP contribution in [0.1, 0.15) is 22.4 Å². The predicted octanol–water partition coefficient (Wildman–Crippen LogP) is 3.13. The molecule has 3 rings (SSSR count). The van der Waals surface area contributed by atoms with E-state index in [0.29, 0.717) is 34.7 Å². The number of aliphatic hydroxyl groups is 1. The number of rotatable bonds is 5. The monoisotopic (exact) mass is 346 g/mol. The van der Waals surface area contributed by atoms with E-state index >= 15 is 0 Å². The van der Waals surface area contributed by atoms with Crippen molar-refractivity contribution in [3.05, 3.63) is 71.2 Å². The van der Waals surface area contributed by atoms with Crippen molar-refractivity contribution < 1.29 is 10.2 Å². The first-order valence-electron chi connectivity index (χ1n) is 8.10. The second-order valence-electron chi connectivity index (χ2n) is 5.83. The molecule has 0 amide bonds. The van der Waals surface area contributed by atoms with Gasteiger partial charge in [0.05, 0.1) is 23.9 Å². The van der Waals surface area contributed by atoms with Crippen LogP contribution in [0.2, 0.25) is 0 Å². The van der Waals surface area contributed by atoms with E-state index in [4.69, 9.17) is 5.26 Å². The zero-order valence-electron chi connectivity index (χ0n) is 14.3. The van der Waals surface area contributed by atoms with Gasteiger partial charge in [0.25, 0.3) is 0 Å². The Hall–Kier alpha value is -3.43. The molecule has 6 heteroatoms. The highest BCUT2D eigenvalue weighted by Crippen LogP contribution is 2.25. The minimum absolute atomic E-state index is 0.0240. The van der Waals surface area contributed by atoms with Gasteiger partial charge in [0.2, 0.25) is 0 Å². The molecule has 3 aromatic rings. The molecule has 0 aliphatic heterocycles. The first kappa shape index (κ1) is 17.4. The Kier molecular flexibility index (Phi) is 5.11. The fourth-order valence-corrected chi connectivity index (χ4v) is 2.61. The lowest BCUT2D eigenvalue weighted by atomic mass is 10.1. The van der Waals surface area contributed by atoms with Crippen molar-refractivity contribution in [3.8, 4) is 22.9 Å². The van der Waals surface area contributed by atoms with Crippen LogP contribution in [-0.2, 0) is 13.2 Å². The minimum atomic E-state index is -0.253. The van der Waals surface area contributed by atoms with E-state index in [0.717, 1.165) is 11.1 Å². The zero-order chi connectivity index (χ0) is 18.5. The molecule has 0 bridgehead atoms. The van der Waals surface area contributed by atoms with Crippen LogP contribution in [0.25, 0.3) is 11.1 Å². The molecule has 0 fully saturated rings. The standard InChI is InChI=1S/C20H18N4O2/c1-13-20(26)18(12-25)17(10-22-13)11-24-19-7-6-16(9-23-19)15-4-2-14(8-21)3-5-15/h2-7,9-10,25-26H,11-12H2,1H3,(H,23,24). The van der Waals surface area contributed by atoms with E-state index in [-0.39, 0.29) is 12.4 Å². The summed E-state index contributed by atoms with van der Waals surface area (Å²) in [4.78, 5) is 8.51. The molecule has 0 aliphatic carbocycles. The number of nitriles is 1. The molecule has 0 saturated carbocycles. The second kappa shape index (κ2) is 7.64. The van der Waals surface area contributed by atoms with Gasteiger partial charge < -0.3 is 15.5 Å². The molecule has 0 unspecified atom stereocenters. The number of pyridine rings is 2. The van der Waals surface area contributed by atoms with E-state index in [9.17, 15) is 10.2 Å². The van der Waals surface area contributed by atoms with Gasteiger partial charge >= 0.3 is 0 Å². The Morgan fingerprint density at radius 3 is 2.38 bits per heavy atom. The lowest BCUT2D eigenvalue weighted by molar-refractivity contribution is 0.273. The van der Waals surface area contributed by atoms with Gasteiger partial charge in [0, 0.05) is 30.1 Å². The lowest BCUT2D eigenvalue weighted by Gasteiger charge is -2.12. The third-order valence-corrected chi connectivity index (χ3v) is 4.16. The summed E-state index contributed by atoms with van der Waals surface area (Å²) in [5, 5.41) is 31.5. The maximum atomic E-state index is 9.99. The van der Waals surface area contributed by atoms with Crippen LogP contribution < -0.4 is 5.32 Å². The molecule has 0 radical (unpaired) electrons. The summed E-state index contributed by atoms with van der Waals surface area (Å²) in [6.45, 7) is 1.83. The number of aromatic hydroxyl groups is 1. The number of benzene rings is 1. The molecule has 130 valence electrons. The van der Waals surface area contributed by atoms with Crippen LogP contribution in [0, 0.1) is 18.3 Å². The Bertz CT molecular complexity index is 945. The summed E-state index contributed by atoms with van der Waals surface area (Å²) in [7, 11) is 0. The van der Waals surface area contributed by atoms with Crippen LogP contribution in [0.4, 0.5) is 5.82 Å². The van der Waals surface area contributed by atoms with E-state index in [1.165, 1.54) is 0 Å². The van der Waals surface area contributed by atoms with E-state index in [2.05, 4.69) is 21.4 Å². The van der Waals surface area contributed by atoms with Gasteiger partial charge in [-0.25, -0.2) is 4.98 Å². The quantitative estimate of drug-likeness (QED) is 0.656. The normalized spacial score (nSPS) is 10.3. The zero-order valence-corrected chi connectivity index (χ0v) is 14.3. The fourth-order valence-electron chi connectivity index (χ4n) is 2.61. The van der Waals surface area contributed by atoms with Crippen LogP contribution >= 0.6 is 0 Å². The van der Waals surface area contributed by atoms with Gasteiger partial charge in [-0.05, 0) is 42.3 Å². The number of nitrogens with one attached hydrogen (secondary N) is 1. The third kappa shape index (κ3) is 3.63. The van der Waals surface area contributed by atoms with Gasteiger partial charge in [0.15, 0.2) is 0 Å². The molecule has 0 saturated heterocycles. The molecule has 1 aromatic carbocycles. The number of nitrogens with zero attached hydrogens (tertiary/aromatic N) is 3. The molecule has 0 atom stereocenters. The van der Waals surface area contributed by atoms with Gasteiger partial charge in [-0.3, -0.25) is 4.98 Å². The summed E-state index contributed by atoms with van der Waals surface area (Å²) >= 11 is 0. The van der Waals surface area contributed by atoms with Crippen LogP contribution in [-0.4, -0.2) is 20.2 Å². The summed E-state index contributed by atoms with van der Waals surface area (Å²) in [5.74, 6) is 0.697. The average molecular weight is 346 g/mol. The lowest BCUT2D eigenvalue weighted by Crippen LogP contribution is -2.06. The summed E-state index contributed by atoms with van der Waals surface area (Å²) < 4.78 is 0. The molecule has 26 heavy (non-hydrogen) atoms. The Morgan fingerprint density at radius 2 is 1.77 bits per heavy atom. The number of aliphatic hydroxyl groups excluding tert-OH is 1. The highest BCUT2D eigenvalue weighted by atomic mass is 16.3. The maximum absolute atomic E-state index is 9.99. The first-order chi connectivity index (χ1) is 12.6. The molecule has 0 aliphatic rings. The number of hydrogen-bond donors (Lipinski definition) is 3. The second-order valence-corrected chi connectivity index (χ2v) is 5.83. The fraction of sp³-hybridized carbons (Fsp3) is 0.150. The van der Waals surface area contributed by atoms with Crippen molar-refractivity contribution in [2.75, 3.05) is 5.32 Å². The van der Waals surface area contributed by atoms with E-state index in [1.807, 2.05) is 24.3 Å². The highest BCUT2D eigenvalue weighted by Gasteiger charge is 2.11. The summed E-state index contributed by atoms with van der Waals surface area (Å²) in [6, 6.07) is 13.2. The van der Waals surface area contributed by atoms with Crippen molar-refractivity contribution in [3.63, 3.8) is 0 Å². The molecule has 2 heterocycles. The van der Waals surface area contributed by atoms with Crippen molar-refractivity contribution >= 4 is 5.82 Å². The molecule has 2 aromatic heterocycles. The van der Waals surface area contributed by atoms with Gasteiger partial charge in [-0.15, -0.1) is 0 Å². The molecule has 6 nitrogen and oxygen atoms in total. The van der Waals surface area contributed by atoms with E-state index < -0.39 is 0 Å². The van der Waals surface area contributed by atoms with Crippen LogP contribution in [0.15, 0.2) is 48.8 Å². The van der Waals surface area contributed by atoms with Crippen molar-refractivity contribution in [2.24, 2.45) is 0 Å². The van der Waals surface area contributed by atoms with Crippen molar-refractivity contribution in [1.82, 2.24) is 9.97 Å². The average Bonchev–Trinajstić information content (AvgIpc) is 2.69. The van der Waals surface area contributed by atoms with Gasteiger partial charge in [0.1, 0.15) is 11.6 Å². The van der Waals surface area contributed by atoms with Gasteiger partial charge in [-0.2, -0.15) is 5.26 Å². The minimum Gasteiger partial charge on any atom is -0.506 e. The number of aromatic nitrogens is 2. The number of hydrogen-bond acceptors (Lipinski definition) is 6. The SMILES string of the molecule is Cc1ncc(CNc2ccc(-c3ccc(C#N)cc3)cn2)c(CO)c1O. The highest BCUT2D eigenvalue weighted by molar-refractivity contribution is 5.64. The number of aryl methyl sites for hydroxylation is 1. The Balaban J connectivity index is 1.72. The predicted molar refractivity (Wildman–Crippen MR) is 98.3 cm³/mol. The summed E-state index contributed by atoms with van der Waals surface area (Å²) in [5.41, 5.74) is 4.23. The van der Waals surface area contributed by atoms with Crippen molar-refractivity contribution in [1.29, 1.82) is 5.26 Å². The molecular weight excluding hydrogens is 328 g/mol. The Labute approximate surface area is 151 Å². The molecule has 0 spiro atoms. The van der Waals surface area contributed by atoms with Gasteiger partial charge in [-0.1, -0.05) is 12.1 Å². The van der Waals surface area contributed by atoms with Crippen molar-refractivity contribution in [2.45, 2.75) is 20.1 Å². The molecular formula is C20H18N4O2. The summed E-state index contributed by atoms with van der Waals surface area (Å²) in [6.07, 6.45) is 3.39. The largest absolute Gasteiger partial charge is 0.506 e. The topological polar surface area (TPSA) is 102 Å². The first-order valence-corrected chi connectivity index (χ1v) is 8.10. The van der Waals surface area contributed by atoms with Crippen LogP contribution in [0.5, 0.6) is 5.75 Å². The smallest absolute Gasteiger partial charge is 0.142 e.